The van der Waals surface area contributed by atoms with Gasteiger partial charge in [0.05, 0.1) is 6.21 Å². The van der Waals surface area contributed by atoms with E-state index in [0.29, 0.717) is 11.3 Å². The zero-order valence-electron chi connectivity index (χ0n) is 14.3. The molecule has 4 rings (SSSR count). The van der Waals surface area contributed by atoms with E-state index in [4.69, 9.17) is 4.42 Å². The van der Waals surface area contributed by atoms with Crippen LogP contribution >= 0.6 is 11.8 Å². The lowest BCUT2D eigenvalue weighted by Crippen LogP contribution is -2.17. The average Bonchev–Trinajstić information content (AvgIpc) is 3.15. The van der Waals surface area contributed by atoms with Crippen molar-refractivity contribution in [2.45, 2.75) is 9.99 Å². The minimum Gasteiger partial charge on any atom is -0.448 e. The van der Waals surface area contributed by atoms with Gasteiger partial charge in [-0.05, 0) is 47.2 Å². The normalized spacial score (nSPS) is 11.1. The number of furan rings is 1. The highest BCUT2D eigenvalue weighted by Crippen LogP contribution is 2.28. The fourth-order valence-electron chi connectivity index (χ4n) is 2.61. The molecule has 0 radical (unpaired) electrons. The quantitative estimate of drug-likeness (QED) is 0.380. The Morgan fingerprint density at radius 2 is 1.67 bits per heavy atom. The van der Waals surface area contributed by atoms with Crippen LogP contribution in [0.3, 0.4) is 0 Å². The number of benzene rings is 3. The Morgan fingerprint density at radius 3 is 2.52 bits per heavy atom. The maximum atomic E-state index is 12.3. The van der Waals surface area contributed by atoms with Crippen molar-refractivity contribution in [3.63, 3.8) is 0 Å². The molecule has 0 atom stereocenters. The summed E-state index contributed by atoms with van der Waals surface area (Å²) in [6.07, 6.45) is 1.49. The average molecular weight is 372 g/mol. The number of nitrogens with zero attached hydrogens (tertiary/aromatic N) is 1. The Kier molecular flexibility index (Phi) is 5.03. The molecular weight excluding hydrogens is 356 g/mol. The second-order valence-electron chi connectivity index (χ2n) is 5.83. The molecule has 0 aliphatic rings. The number of carbonyl (C=O) groups excluding carboxylic acids is 1. The zero-order chi connectivity index (χ0) is 18.5. The van der Waals surface area contributed by atoms with Gasteiger partial charge in [0.2, 0.25) is 0 Å². The molecular formula is C22H16N2O2S. The highest BCUT2D eigenvalue weighted by Gasteiger charge is 2.06. The number of amides is 1. The van der Waals surface area contributed by atoms with Gasteiger partial charge in [-0.25, -0.2) is 5.43 Å². The number of nitrogens with one attached hydrogen (secondary N) is 1. The lowest BCUT2D eigenvalue weighted by Gasteiger charge is -2.02. The molecule has 132 valence electrons. The van der Waals surface area contributed by atoms with Crippen LogP contribution in [0.25, 0.3) is 10.8 Å². The van der Waals surface area contributed by atoms with Gasteiger partial charge in [-0.2, -0.15) is 5.10 Å². The van der Waals surface area contributed by atoms with Crippen LogP contribution in [0.5, 0.6) is 0 Å². The molecule has 0 aliphatic carbocycles. The van der Waals surface area contributed by atoms with Gasteiger partial charge in [-0.1, -0.05) is 60.3 Å². The Bertz CT molecular complexity index is 1100. The van der Waals surface area contributed by atoms with Gasteiger partial charge < -0.3 is 4.42 Å². The van der Waals surface area contributed by atoms with Crippen LogP contribution in [0.15, 0.2) is 104 Å². The lowest BCUT2D eigenvalue weighted by atomic mass is 10.1. The van der Waals surface area contributed by atoms with Gasteiger partial charge in [0.1, 0.15) is 5.76 Å². The summed E-state index contributed by atoms with van der Waals surface area (Å²) in [4.78, 5) is 13.4. The molecule has 0 saturated carbocycles. The monoisotopic (exact) mass is 372 g/mol. The highest BCUT2D eigenvalue weighted by molar-refractivity contribution is 7.99. The predicted molar refractivity (Wildman–Crippen MR) is 108 cm³/mol. The molecule has 4 nitrogen and oxygen atoms in total. The first-order valence-corrected chi connectivity index (χ1v) is 9.24. The Balaban J connectivity index is 1.39. The van der Waals surface area contributed by atoms with Crippen LogP contribution in [0.1, 0.15) is 16.1 Å². The van der Waals surface area contributed by atoms with Gasteiger partial charge in [0, 0.05) is 10.5 Å². The van der Waals surface area contributed by atoms with E-state index in [9.17, 15) is 4.79 Å². The summed E-state index contributed by atoms with van der Waals surface area (Å²) in [6, 6.07) is 27.1. The van der Waals surface area contributed by atoms with Crippen molar-refractivity contribution >= 4 is 34.7 Å². The molecule has 0 fully saturated rings. The molecule has 0 saturated heterocycles. The summed E-state index contributed by atoms with van der Waals surface area (Å²) >= 11 is 1.53. The third-order valence-electron chi connectivity index (χ3n) is 3.93. The van der Waals surface area contributed by atoms with E-state index in [2.05, 4.69) is 10.5 Å². The van der Waals surface area contributed by atoms with Crippen molar-refractivity contribution in [3.8, 4) is 0 Å². The van der Waals surface area contributed by atoms with Crippen LogP contribution in [0.4, 0.5) is 0 Å². The van der Waals surface area contributed by atoms with Crippen LogP contribution in [0, 0.1) is 0 Å². The van der Waals surface area contributed by atoms with Crippen LogP contribution < -0.4 is 5.43 Å². The molecule has 1 N–H and O–H groups in total. The third kappa shape index (κ3) is 4.27. The first-order chi connectivity index (χ1) is 13.3. The van der Waals surface area contributed by atoms with E-state index >= 15 is 0 Å². The van der Waals surface area contributed by atoms with Crippen molar-refractivity contribution < 1.29 is 9.21 Å². The topological polar surface area (TPSA) is 54.6 Å². The van der Waals surface area contributed by atoms with Gasteiger partial charge in [0.15, 0.2) is 5.09 Å². The number of rotatable bonds is 5. The summed E-state index contributed by atoms with van der Waals surface area (Å²) < 4.78 is 5.70. The van der Waals surface area contributed by atoms with Gasteiger partial charge in [0.25, 0.3) is 5.91 Å². The minimum atomic E-state index is -0.262. The van der Waals surface area contributed by atoms with Crippen molar-refractivity contribution in [1.82, 2.24) is 5.43 Å². The SMILES string of the molecule is O=C(N/N=C\c1ccc(Sc2ccccc2)o1)c1ccc2ccccc2c1. The fourth-order valence-corrected chi connectivity index (χ4v) is 3.41. The van der Waals surface area contributed by atoms with Crippen molar-refractivity contribution in [2.24, 2.45) is 5.10 Å². The van der Waals surface area contributed by atoms with Gasteiger partial charge in [-0.3, -0.25) is 4.79 Å². The van der Waals surface area contributed by atoms with E-state index in [1.165, 1.54) is 18.0 Å². The molecule has 0 unspecified atom stereocenters. The Hall–Kier alpha value is -3.31. The number of hydrogen-bond donors (Lipinski definition) is 1. The molecule has 4 aromatic rings. The molecule has 1 aromatic heterocycles. The van der Waals surface area contributed by atoms with Crippen molar-refractivity contribution in [1.29, 1.82) is 0 Å². The van der Waals surface area contributed by atoms with E-state index in [0.717, 1.165) is 20.8 Å². The molecule has 5 heteroatoms. The van der Waals surface area contributed by atoms with Crippen molar-refractivity contribution in [3.05, 3.63) is 96.3 Å². The number of hydrazone groups is 1. The van der Waals surface area contributed by atoms with Gasteiger partial charge in [-0.15, -0.1) is 0 Å². The molecule has 27 heavy (non-hydrogen) atoms. The predicted octanol–water partition coefficient (Wildman–Crippen LogP) is 5.35. The summed E-state index contributed by atoms with van der Waals surface area (Å²) in [5, 5.41) is 6.87. The molecule has 0 aliphatic heterocycles. The van der Waals surface area contributed by atoms with E-state index < -0.39 is 0 Å². The number of fused-ring (bicyclic) bond motifs is 1. The second-order valence-corrected chi connectivity index (χ2v) is 6.91. The van der Waals surface area contributed by atoms with Crippen LogP contribution in [0.2, 0.25) is 0 Å². The van der Waals surface area contributed by atoms with Crippen LogP contribution in [-0.2, 0) is 0 Å². The maximum Gasteiger partial charge on any atom is 0.271 e. The first-order valence-electron chi connectivity index (χ1n) is 8.43. The molecule has 1 heterocycles. The Morgan fingerprint density at radius 1 is 0.889 bits per heavy atom. The van der Waals surface area contributed by atoms with E-state index in [1.54, 1.807) is 6.07 Å². The summed E-state index contributed by atoms with van der Waals surface area (Å²) in [5.41, 5.74) is 3.10. The van der Waals surface area contributed by atoms with E-state index in [-0.39, 0.29) is 5.91 Å². The summed E-state index contributed by atoms with van der Waals surface area (Å²) in [7, 11) is 0. The first kappa shape index (κ1) is 17.1. The zero-order valence-corrected chi connectivity index (χ0v) is 15.1. The van der Waals surface area contributed by atoms with E-state index in [1.807, 2.05) is 78.9 Å². The standard InChI is InChI=1S/C22H16N2O2S/c25-22(18-11-10-16-6-4-5-7-17(16)14-18)24-23-15-19-12-13-21(26-19)27-20-8-2-1-3-9-20/h1-15H,(H,24,25)/b23-15-. The number of hydrogen-bond acceptors (Lipinski definition) is 4. The molecule has 1 amide bonds. The lowest BCUT2D eigenvalue weighted by molar-refractivity contribution is 0.0955. The largest absolute Gasteiger partial charge is 0.448 e. The van der Waals surface area contributed by atoms with Crippen molar-refractivity contribution in [2.75, 3.05) is 0 Å². The Labute approximate surface area is 160 Å². The smallest absolute Gasteiger partial charge is 0.271 e. The molecule has 3 aromatic carbocycles. The molecule has 0 spiro atoms. The fraction of sp³-hybridized carbons (Fsp3) is 0. The summed E-state index contributed by atoms with van der Waals surface area (Å²) in [5.74, 6) is 0.315. The van der Waals surface area contributed by atoms with Crippen LogP contribution in [-0.4, -0.2) is 12.1 Å². The number of carbonyl (C=O) groups is 1. The van der Waals surface area contributed by atoms with Gasteiger partial charge >= 0.3 is 0 Å². The molecule has 0 bridgehead atoms. The highest BCUT2D eigenvalue weighted by atomic mass is 32.2. The minimum absolute atomic E-state index is 0.262. The second kappa shape index (κ2) is 7.93. The third-order valence-corrected chi connectivity index (χ3v) is 4.86. The summed E-state index contributed by atoms with van der Waals surface area (Å²) in [6.45, 7) is 0. The maximum absolute atomic E-state index is 12.3.